The zero-order valence-electron chi connectivity index (χ0n) is 11.9. The SMILES string of the molecule is COc1ncc(Br)cc1S(=O)(=O)NC(=O)Cc1ccc(Cl)cc1. The Morgan fingerprint density at radius 3 is 2.61 bits per heavy atom. The van der Waals surface area contributed by atoms with Gasteiger partial charge in [0.05, 0.1) is 13.5 Å². The number of rotatable bonds is 5. The molecule has 0 saturated heterocycles. The summed E-state index contributed by atoms with van der Waals surface area (Å²) < 4.78 is 32.0. The highest BCUT2D eigenvalue weighted by atomic mass is 79.9. The van der Waals surface area contributed by atoms with E-state index >= 15 is 0 Å². The second kappa shape index (κ2) is 7.29. The van der Waals surface area contributed by atoms with Gasteiger partial charge in [0.2, 0.25) is 11.8 Å². The Balaban J connectivity index is 2.19. The number of carbonyl (C=O) groups excluding carboxylic acids is 1. The largest absolute Gasteiger partial charge is 0.480 e. The highest BCUT2D eigenvalue weighted by molar-refractivity contribution is 9.10. The number of nitrogens with one attached hydrogen (secondary N) is 1. The van der Waals surface area contributed by atoms with E-state index in [0.29, 0.717) is 15.1 Å². The molecule has 1 aromatic heterocycles. The summed E-state index contributed by atoms with van der Waals surface area (Å²) in [6, 6.07) is 7.86. The number of aromatic nitrogens is 1. The van der Waals surface area contributed by atoms with Gasteiger partial charge >= 0.3 is 0 Å². The molecule has 2 aromatic rings. The predicted octanol–water partition coefficient (Wildman–Crippen LogP) is 2.55. The van der Waals surface area contributed by atoms with Gasteiger partial charge in [-0.25, -0.2) is 18.1 Å². The van der Waals surface area contributed by atoms with Crippen molar-refractivity contribution in [2.75, 3.05) is 7.11 Å². The lowest BCUT2D eigenvalue weighted by Gasteiger charge is -2.10. The van der Waals surface area contributed by atoms with Crippen LogP contribution < -0.4 is 9.46 Å². The van der Waals surface area contributed by atoms with Crippen LogP contribution in [0.25, 0.3) is 0 Å². The smallest absolute Gasteiger partial charge is 0.269 e. The fraction of sp³-hybridized carbons (Fsp3) is 0.143. The van der Waals surface area contributed by atoms with E-state index in [-0.39, 0.29) is 17.2 Å². The van der Waals surface area contributed by atoms with Crippen molar-refractivity contribution in [3.63, 3.8) is 0 Å². The van der Waals surface area contributed by atoms with Crippen LogP contribution in [0.5, 0.6) is 5.88 Å². The number of hydrogen-bond acceptors (Lipinski definition) is 5. The van der Waals surface area contributed by atoms with E-state index in [1.165, 1.54) is 19.4 Å². The van der Waals surface area contributed by atoms with Crippen molar-refractivity contribution in [2.45, 2.75) is 11.3 Å². The molecule has 0 aliphatic heterocycles. The summed E-state index contributed by atoms with van der Waals surface area (Å²) in [5, 5.41) is 0.534. The number of carbonyl (C=O) groups is 1. The number of pyridine rings is 1. The molecule has 23 heavy (non-hydrogen) atoms. The topological polar surface area (TPSA) is 85.4 Å². The van der Waals surface area contributed by atoms with Gasteiger partial charge in [0.1, 0.15) is 0 Å². The number of benzene rings is 1. The normalized spacial score (nSPS) is 11.1. The summed E-state index contributed by atoms with van der Waals surface area (Å²) in [6.07, 6.45) is 1.30. The van der Waals surface area contributed by atoms with E-state index in [1.54, 1.807) is 24.3 Å². The quantitative estimate of drug-likeness (QED) is 0.805. The minimum absolute atomic E-state index is 0.0971. The molecular formula is C14H12BrClN2O4S. The fourth-order valence-electron chi connectivity index (χ4n) is 1.78. The summed E-state index contributed by atoms with van der Waals surface area (Å²) in [7, 11) is -2.80. The van der Waals surface area contributed by atoms with Gasteiger partial charge < -0.3 is 4.74 Å². The second-order valence-corrected chi connectivity index (χ2v) is 7.50. The molecule has 2 rings (SSSR count). The van der Waals surface area contributed by atoms with Crippen LogP contribution in [-0.4, -0.2) is 26.4 Å². The van der Waals surface area contributed by atoms with Gasteiger partial charge in [-0.2, -0.15) is 0 Å². The molecule has 6 nitrogen and oxygen atoms in total. The van der Waals surface area contributed by atoms with Crippen LogP contribution in [0, 0.1) is 0 Å². The maximum atomic E-state index is 12.3. The molecule has 1 aromatic carbocycles. The van der Waals surface area contributed by atoms with Crippen molar-refractivity contribution < 1.29 is 17.9 Å². The van der Waals surface area contributed by atoms with Gasteiger partial charge in [-0.1, -0.05) is 23.7 Å². The molecule has 1 amide bonds. The Morgan fingerprint density at radius 1 is 1.35 bits per heavy atom. The van der Waals surface area contributed by atoms with Gasteiger partial charge in [0.15, 0.2) is 4.90 Å². The number of amides is 1. The molecule has 0 spiro atoms. The van der Waals surface area contributed by atoms with Crippen molar-refractivity contribution in [3.8, 4) is 5.88 Å². The molecule has 122 valence electrons. The monoisotopic (exact) mass is 418 g/mol. The maximum absolute atomic E-state index is 12.3. The molecule has 0 aliphatic carbocycles. The first kappa shape index (κ1) is 17.7. The molecule has 0 radical (unpaired) electrons. The Bertz CT molecular complexity index is 825. The first-order chi connectivity index (χ1) is 10.8. The Morgan fingerprint density at radius 2 is 2.00 bits per heavy atom. The molecule has 0 fully saturated rings. The first-order valence-corrected chi connectivity index (χ1v) is 8.97. The first-order valence-electron chi connectivity index (χ1n) is 6.31. The maximum Gasteiger partial charge on any atom is 0.269 e. The van der Waals surface area contributed by atoms with E-state index < -0.39 is 15.9 Å². The van der Waals surface area contributed by atoms with Crippen LogP contribution in [0.2, 0.25) is 5.02 Å². The van der Waals surface area contributed by atoms with Crippen LogP contribution in [0.4, 0.5) is 0 Å². The van der Waals surface area contributed by atoms with E-state index in [0.717, 1.165) is 0 Å². The number of hydrogen-bond donors (Lipinski definition) is 1. The van der Waals surface area contributed by atoms with Crippen LogP contribution in [-0.2, 0) is 21.2 Å². The van der Waals surface area contributed by atoms with Gasteiger partial charge in [0, 0.05) is 15.7 Å². The van der Waals surface area contributed by atoms with Crippen molar-refractivity contribution in [1.29, 1.82) is 0 Å². The van der Waals surface area contributed by atoms with E-state index in [4.69, 9.17) is 16.3 Å². The molecule has 0 atom stereocenters. The Kier molecular flexibility index (Phi) is 5.61. The van der Waals surface area contributed by atoms with Crippen molar-refractivity contribution in [3.05, 3.63) is 51.6 Å². The third-order valence-electron chi connectivity index (χ3n) is 2.79. The average molecular weight is 420 g/mol. The summed E-state index contributed by atoms with van der Waals surface area (Å²) >= 11 is 8.90. The lowest BCUT2D eigenvalue weighted by Crippen LogP contribution is -2.32. The number of methoxy groups -OCH3 is 1. The van der Waals surface area contributed by atoms with Crippen molar-refractivity contribution in [2.24, 2.45) is 0 Å². The average Bonchev–Trinajstić information content (AvgIpc) is 2.49. The van der Waals surface area contributed by atoms with Crippen molar-refractivity contribution >= 4 is 43.5 Å². The summed E-state index contributed by atoms with van der Waals surface area (Å²) in [5.74, 6) is -0.769. The second-order valence-electron chi connectivity index (χ2n) is 4.49. The molecule has 1 heterocycles. The highest BCUT2D eigenvalue weighted by Crippen LogP contribution is 2.24. The zero-order chi connectivity index (χ0) is 17.0. The minimum Gasteiger partial charge on any atom is -0.480 e. The summed E-state index contributed by atoms with van der Waals surface area (Å²) in [5.41, 5.74) is 0.640. The number of sulfonamides is 1. The number of nitrogens with zero attached hydrogens (tertiary/aromatic N) is 1. The predicted molar refractivity (Wildman–Crippen MR) is 89.0 cm³/mol. The van der Waals surface area contributed by atoms with Crippen LogP contribution >= 0.6 is 27.5 Å². The van der Waals surface area contributed by atoms with Crippen LogP contribution in [0.1, 0.15) is 5.56 Å². The summed E-state index contributed by atoms with van der Waals surface area (Å²) in [6.45, 7) is 0. The number of halogens is 2. The van der Waals surface area contributed by atoms with Gasteiger partial charge in [-0.3, -0.25) is 4.79 Å². The molecule has 0 aliphatic rings. The number of ether oxygens (including phenoxy) is 1. The van der Waals surface area contributed by atoms with Crippen LogP contribution in [0.3, 0.4) is 0 Å². The van der Waals surface area contributed by atoms with Crippen LogP contribution in [0.15, 0.2) is 45.9 Å². The van der Waals surface area contributed by atoms with Gasteiger partial charge in [-0.05, 0) is 39.7 Å². The molecule has 9 heteroatoms. The molecular weight excluding hydrogens is 408 g/mol. The zero-order valence-corrected chi connectivity index (χ0v) is 15.1. The third-order valence-corrected chi connectivity index (χ3v) is 4.85. The molecule has 1 N–H and O–H groups in total. The lowest BCUT2D eigenvalue weighted by molar-refractivity contribution is -0.118. The van der Waals surface area contributed by atoms with E-state index in [2.05, 4.69) is 20.9 Å². The highest BCUT2D eigenvalue weighted by Gasteiger charge is 2.23. The van der Waals surface area contributed by atoms with E-state index in [1.807, 2.05) is 4.72 Å². The Hall–Kier alpha value is -1.64. The van der Waals surface area contributed by atoms with Gasteiger partial charge in [-0.15, -0.1) is 0 Å². The fourth-order valence-corrected chi connectivity index (χ4v) is 3.52. The molecule has 0 bridgehead atoms. The molecule has 0 unspecified atom stereocenters. The lowest BCUT2D eigenvalue weighted by atomic mass is 10.1. The standard InChI is InChI=1S/C14H12BrClN2O4S/c1-22-14-12(7-10(15)8-17-14)23(20,21)18-13(19)6-9-2-4-11(16)5-3-9/h2-5,7-8H,6H2,1H3,(H,18,19). The third kappa shape index (κ3) is 4.66. The Labute approximate surface area is 147 Å². The summed E-state index contributed by atoms with van der Waals surface area (Å²) in [4.78, 5) is 15.6. The van der Waals surface area contributed by atoms with Crippen molar-refractivity contribution in [1.82, 2.24) is 9.71 Å². The van der Waals surface area contributed by atoms with E-state index in [9.17, 15) is 13.2 Å². The molecule has 0 saturated carbocycles. The van der Waals surface area contributed by atoms with Gasteiger partial charge in [0.25, 0.3) is 10.0 Å². The minimum atomic E-state index is -4.10.